The largest absolute Gasteiger partial charge is 0.491 e. The summed E-state index contributed by atoms with van der Waals surface area (Å²) in [5, 5.41) is 7.44. The molecule has 2 atom stereocenters. The van der Waals surface area contributed by atoms with E-state index in [1.54, 1.807) is 0 Å². The zero-order valence-electron chi connectivity index (χ0n) is 19.9. The lowest BCUT2D eigenvalue weighted by atomic mass is 9.81. The van der Waals surface area contributed by atoms with Crippen molar-refractivity contribution in [3.05, 3.63) is 22.1 Å². The van der Waals surface area contributed by atoms with E-state index >= 15 is 0 Å². The minimum absolute atomic E-state index is 0.0367. The lowest BCUT2D eigenvalue weighted by Crippen LogP contribution is -2.47. The molecule has 0 radical (unpaired) electrons. The Morgan fingerprint density at radius 2 is 1.94 bits per heavy atom. The van der Waals surface area contributed by atoms with Crippen LogP contribution in [0.25, 0.3) is 0 Å². The molecule has 1 saturated carbocycles. The van der Waals surface area contributed by atoms with Crippen molar-refractivity contribution >= 4 is 11.9 Å². The van der Waals surface area contributed by atoms with Crippen LogP contribution in [-0.2, 0) is 20.9 Å². The summed E-state index contributed by atoms with van der Waals surface area (Å²) in [5.41, 5.74) is -0.846. The minimum Gasteiger partial charge on any atom is -0.491 e. The third kappa shape index (κ3) is 5.86. The SMILES string of the molecule is CCC1(C(=O)OC)CCC(C)(NC(=O)Cn2nc(C(C)C)c(OCC(C)C)cc2=O)C1. The fraction of sp³-hybridized carbons (Fsp3) is 0.739. The van der Waals surface area contributed by atoms with Gasteiger partial charge in [-0.1, -0.05) is 34.6 Å². The van der Waals surface area contributed by atoms with Gasteiger partial charge in [0.15, 0.2) is 0 Å². The zero-order chi connectivity index (χ0) is 23.4. The van der Waals surface area contributed by atoms with Crippen LogP contribution in [0.1, 0.15) is 78.8 Å². The van der Waals surface area contributed by atoms with Crippen LogP contribution < -0.4 is 15.6 Å². The molecule has 0 spiro atoms. The van der Waals surface area contributed by atoms with E-state index in [0.717, 1.165) is 0 Å². The van der Waals surface area contributed by atoms with Crippen molar-refractivity contribution in [2.45, 2.75) is 85.2 Å². The Bertz CT molecular complexity index is 863. The Morgan fingerprint density at radius 3 is 2.48 bits per heavy atom. The van der Waals surface area contributed by atoms with Gasteiger partial charge in [-0.3, -0.25) is 14.4 Å². The van der Waals surface area contributed by atoms with E-state index in [2.05, 4.69) is 10.4 Å². The average Bonchev–Trinajstić information content (AvgIpc) is 3.04. The second kappa shape index (κ2) is 9.83. The molecule has 8 heteroatoms. The molecule has 1 amide bonds. The number of carbonyl (C=O) groups excluding carboxylic acids is 2. The number of carbonyl (C=O) groups is 2. The summed E-state index contributed by atoms with van der Waals surface area (Å²) in [6.45, 7) is 12.2. The lowest BCUT2D eigenvalue weighted by molar-refractivity contribution is -0.153. The normalized spacial score (nSPS) is 23.3. The lowest BCUT2D eigenvalue weighted by Gasteiger charge is -2.30. The number of rotatable bonds is 9. The minimum atomic E-state index is -0.577. The molecule has 1 heterocycles. The maximum Gasteiger partial charge on any atom is 0.311 e. The maximum atomic E-state index is 12.8. The second-order valence-electron chi connectivity index (χ2n) is 9.66. The van der Waals surface area contributed by atoms with Crippen LogP contribution in [-0.4, -0.2) is 40.9 Å². The van der Waals surface area contributed by atoms with Crippen LogP contribution >= 0.6 is 0 Å². The predicted molar refractivity (Wildman–Crippen MR) is 118 cm³/mol. The molecule has 2 unspecified atom stereocenters. The van der Waals surface area contributed by atoms with E-state index in [0.29, 0.717) is 49.7 Å². The third-order valence-electron chi connectivity index (χ3n) is 6.02. The number of hydrogen-bond acceptors (Lipinski definition) is 6. The zero-order valence-corrected chi connectivity index (χ0v) is 19.9. The van der Waals surface area contributed by atoms with Gasteiger partial charge in [-0.05, 0) is 38.5 Å². The Kier molecular flexibility index (Phi) is 7.89. The summed E-state index contributed by atoms with van der Waals surface area (Å²) in [6.07, 6.45) is 2.49. The first-order valence-electron chi connectivity index (χ1n) is 11.1. The van der Waals surface area contributed by atoms with Crippen LogP contribution in [0.4, 0.5) is 0 Å². The van der Waals surface area contributed by atoms with Crippen LogP contribution in [0.3, 0.4) is 0 Å². The third-order valence-corrected chi connectivity index (χ3v) is 6.02. The van der Waals surface area contributed by atoms with Crippen LogP contribution in [0.15, 0.2) is 10.9 Å². The van der Waals surface area contributed by atoms with Crippen molar-refractivity contribution in [3.8, 4) is 5.75 Å². The van der Waals surface area contributed by atoms with Gasteiger partial charge < -0.3 is 14.8 Å². The summed E-state index contributed by atoms with van der Waals surface area (Å²) in [4.78, 5) is 37.7. The van der Waals surface area contributed by atoms with Gasteiger partial charge in [0, 0.05) is 17.5 Å². The van der Waals surface area contributed by atoms with Crippen molar-refractivity contribution in [2.75, 3.05) is 13.7 Å². The fourth-order valence-corrected chi connectivity index (χ4v) is 4.27. The van der Waals surface area contributed by atoms with Gasteiger partial charge in [-0.25, -0.2) is 4.68 Å². The van der Waals surface area contributed by atoms with Gasteiger partial charge in [-0.15, -0.1) is 0 Å². The standard InChI is InChI=1S/C23H37N3O5/c1-8-23(21(29)30-7)10-9-22(6,14-23)24-18(27)12-26-19(28)11-17(31-13-15(2)3)20(25-26)16(4)5/h11,15-16H,8-10,12-14H2,1-7H3,(H,24,27). The Hall–Kier alpha value is -2.38. The van der Waals surface area contributed by atoms with Gasteiger partial charge >= 0.3 is 5.97 Å². The Morgan fingerprint density at radius 1 is 1.26 bits per heavy atom. The van der Waals surface area contributed by atoms with Gasteiger partial charge in [0.25, 0.3) is 5.56 Å². The number of nitrogens with one attached hydrogen (secondary N) is 1. The van der Waals surface area contributed by atoms with Gasteiger partial charge in [0.2, 0.25) is 5.91 Å². The number of esters is 1. The molecule has 0 aliphatic heterocycles. The molecule has 1 aromatic heterocycles. The van der Waals surface area contributed by atoms with E-state index in [1.165, 1.54) is 17.9 Å². The maximum absolute atomic E-state index is 12.8. The molecule has 0 bridgehead atoms. The second-order valence-corrected chi connectivity index (χ2v) is 9.66. The summed E-state index contributed by atoms with van der Waals surface area (Å²) >= 11 is 0. The summed E-state index contributed by atoms with van der Waals surface area (Å²) < 4.78 is 12.0. The number of nitrogens with zero attached hydrogens (tertiary/aromatic N) is 2. The molecule has 1 N–H and O–H groups in total. The number of amides is 1. The first-order valence-corrected chi connectivity index (χ1v) is 11.1. The van der Waals surface area contributed by atoms with E-state index in [1.807, 2.05) is 41.5 Å². The average molecular weight is 436 g/mol. The number of ether oxygens (including phenoxy) is 2. The van der Waals surface area contributed by atoms with E-state index in [4.69, 9.17) is 9.47 Å². The first-order chi connectivity index (χ1) is 14.4. The van der Waals surface area contributed by atoms with Crippen molar-refractivity contribution in [2.24, 2.45) is 11.3 Å². The van der Waals surface area contributed by atoms with E-state index in [-0.39, 0.29) is 29.9 Å². The van der Waals surface area contributed by atoms with Crippen molar-refractivity contribution in [1.82, 2.24) is 15.1 Å². The molecule has 2 rings (SSSR count). The van der Waals surface area contributed by atoms with E-state index in [9.17, 15) is 14.4 Å². The van der Waals surface area contributed by atoms with Gasteiger partial charge in [0.1, 0.15) is 18.0 Å². The fourth-order valence-electron chi connectivity index (χ4n) is 4.27. The highest BCUT2D eigenvalue weighted by Crippen LogP contribution is 2.47. The molecule has 0 aromatic carbocycles. The molecule has 31 heavy (non-hydrogen) atoms. The van der Waals surface area contributed by atoms with Crippen LogP contribution in [0, 0.1) is 11.3 Å². The summed E-state index contributed by atoms with van der Waals surface area (Å²) in [5.74, 6) is 0.290. The van der Waals surface area contributed by atoms with Crippen molar-refractivity contribution < 1.29 is 19.1 Å². The molecular weight excluding hydrogens is 398 g/mol. The topological polar surface area (TPSA) is 99.5 Å². The number of hydrogen-bond donors (Lipinski definition) is 1. The van der Waals surface area contributed by atoms with Crippen molar-refractivity contribution in [3.63, 3.8) is 0 Å². The van der Waals surface area contributed by atoms with Crippen LogP contribution in [0.2, 0.25) is 0 Å². The first kappa shape index (κ1) is 24.9. The molecule has 174 valence electrons. The Balaban J connectivity index is 2.16. The Labute approximate surface area is 184 Å². The predicted octanol–water partition coefficient (Wildman–Crippen LogP) is 3.03. The van der Waals surface area contributed by atoms with E-state index < -0.39 is 11.0 Å². The number of methoxy groups -OCH3 is 1. The van der Waals surface area contributed by atoms with Crippen molar-refractivity contribution in [1.29, 1.82) is 0 Å². The van der Waals surface area contributed by atoms with Gasteiger partial charge in [-0.2, -0.15) is 5.10 Å². The smallest absolute Gasteiger partial charge is 0.311 e. The highest BCUT2D eigenvalue weighted by molar-refractivity contribution is 5.79. The quantitative estimate of drug-likeness (QED) is 0.599. The van der Waals surface area contributed by atoms with Gasteiger partial charge in [0.05, 0.1) is 19.1 Å². The molecule has 1 aliphatic rings. The molecule has 0 saturated heterocycles. The molecule has 1 fully saturated rings. The molecular formula is C23H37N3O5. The monoisotopic (exact) mass is 435 g/mol. The number of aromatic nitrogens is 2. The summed E-state index contributed by atoms with van der Waals surface area (Å²) in [7, 11) is 1.40. The highest BCUT2D eigenvalue weighted by atomic mass is 16.5. The highest BCUT2D eigenvalue weighted by Gasteiger charge is 2.50. The molecule has 1 aromatic rings. The molecule has 8 nitrogen and oxygen atoms in total. The van der Waals surface area contributed by atoms with Crippen LogP contribution in [0.5, 0.6) is 5.75 Å². The molecule has 1 aliphatic carbocycles. The summed E-state index contributed by atoms with van der Waals surface area (Å²) in [6, 6.07) is 1.41.